The average Bonchev–Trinajstić information content (AvgIpc) is 0.686. The van der Waals surface area contributed by atoms with Gasteiger partial charge in [-0.2, -0.15) is 0 Å². The van der Waals surface area contributed by atoms with E-state index >= 15 is 35.1 Å². The number of halogens is 8. The second-order valence-electron chi connectivity index (χ2n) is 36.4. The van der Waals surface area contributed by atoms with Gasteiger partial charge < -0.3 is 43.1 Å². The van der Waals surface area contributed by atoms with E-state index in [1.165, 1.54) is 72.8 Å². The van der Waals surface area contributed by atoms with Crippen molar-refractivity contribution in [2.45, 2.75) is 0 Å². The first-order chi connectivity index (χ1) is 68.8. The van der Waals surface area contributed by atoms with E-state index in [1.807, 2.05) is 259 Å². The van der Waals surface area contributed by atoms with Gasteiger partial charge in [-0.15, -0.1) is 0 Å². The van der Waals surface area contributed by atoms with Crippen molar-refractivity contribution in [3.63, 3.8) is 0 Å². The molecule has 0 radical (unpaired) electrons. The lowest BCUT2D eigenvalue weighted by Crippen LogP contribution is -2.67. The number of fused-ring (bicyclic) bond motifs is 15. The molecule has 0 amide bonds. The molecule has 3 aromatic heterocycles. The molecule has 0 spiro atoms. The van der Waals surface area contributed by atoms with Crippen molar-refractivity contribution in [2.75, 3.05) is 29.4 Å². The van der Waals surface area contributed by atoms with Gasteiger partial charge in [0.05, 0.1) is 50.7 Å². The van der Waals surface area contributed by atoms with Crippen molar-refractivity contribution in [1.82, 2.24) is 13.7 Å². The molecule has 6 aliphatic rings. The van der Waals surface area contributed by atoms with Crippen molar-refractivity contribution in [3.05, 3.63) is 471 Å². The third-order valence-corrected chi connectivity index (χ3v) is 29.0. The summed E-state index contributed by atoms with van der Waals surface area (Å²) in [7, 11) is 0. The fraction of sp³-hybridized carbons (Fsp3) is 0. The zero-order valence-corrected chi connectivity index (χ0v) is 74.2. The molecular weight excluding hydrogens is 1750 g/mol. The fourth-order valence-electron chi connectivity index (χ4n) is 23.5. The Balaban J connectivity index is 0.802. The first-order valence-corrected chi connectivity index (χ1v) is 46.6. The minimum Gasteiger partial charge on any atom is -0.311 e. The first kappa shape index (κ1) is 80.7. The van der Waals surface area contributed by atoms with E-state index in [2.05, 4.69) is 116 Å². The Kier molecular flexibility index (Phi) is 17.8. The van der Waals surface area contributed by atoms with Crippen LogP contribution in [0, 0.1) is 46.5 Å². The van der Waals surface area contributed by atoms with Gasteiger partial charge in [0.15, 0.2) is 0 Å². The lowest BCUT2D eigenvalue weighted by atomic mass is 9.29. The van der Waals surface area contributed by atoms with Crippen LogP contribution in [0.1, 0.15) is 0 Å². The number of hydrogen-bond donors (Lipinski definition) is 0. The maximum Gasteiger partial charge on any atom is 0.252 e. The molecule has 0 fully saturated rings. The number of nitrogens with zero attached hydrogens (tertiary/aromatic N) is 9. The molecule has 0 atom stereocenters. The number of hydrogen-bond acceptors (Lipinski definition) is 6. The van der Waals surface area contributed by atoms with E-state index < -0.39 is 89.4 Å². The highest BCUT2D eigenvalue weighted by atomic mass is 19.2. The van der Waals surface area contributed by atoms with E-state index in [0.29, 0.717) is 89.3 Å². The van der Waals surface area contributed by atoms with Crippen LogP contribution in [0.4, 0.5) is 137 Å². The molecule has 9 heterocycles. The van der Waals surface area contributed by atoms with Gasteiger partial charge in [-0.05, 0) is 236 Å². The van der Waals surface area contributed by atoms with Gasteiger partial charge in [0.1, 0.15) is 69.3 Å². The molecule has 0 aliphatic carbocycles. The third kappa shape index (κ3) is 11.8. The SMILES string of the molecule is Fc1cccc(F)c1N1c2cc3c(cc2B2c4ccccc4N(c4ccccc4)c4cc(-n5c(-c6ccccc6)cc6ccccc65)cc1c42)B1c2cc4c(cc2N(c2c(F)cccc2F)c2cc(-n5c(-c6ccccc6)cc6ccccc65)cc(c21)N3c1c(F)cccc1F)N(c1c(F)cccc1F)c1cc(-n2c(-c3ccccc3)cc3ccccc32)cc2c1B4c1ccccc1N2c1ccccc1. The van der Waals surface area contributed by atoms with Crippen LogP contribution < -0.4 is 78.6 Å². The van der Waals surface area contributed by atoms with E-state index in [-0.39, 0.29) is 34.1 Å². The zero-order valence-electron chi connectivity index (χ0n) is 74.2. The first-order valence-electron chi connectivity index (χ1n) is 46.6. The summed E-state index contributed by atoms with van der Waals surface area (Å²) in [6.07, 6.45) is 0. The second kappa shape index (κ2) is 30.9. The number of rotatable bonds is 12. The summed E-state index contributed by atoms with van der Waals surface area (Å²) in [4.78, 5) is 10.8. The van der Waals surface area contributed by atoms with Crippen molar-refractivity contribution in [2.24, 2.45) is 0 Å². The van der Waals surface area contributed by atoms with Gasteiger partial charge in [0.2, 0.25) is 0 Å². The minimum atomic E-state index is -1.21. The molecule has 0 bridgehead atoms. The minimum absolute atomic E-state index is 0.142. The quantitative estimate of drug-likeness (QED) is 0.0896. The van der Waals surface area contributed by atoms with Crippen molar-refractivity contribution in [3.8, 4) is 50.8 Å². The summed E-state index contributed by atoms with van der Waals surface area (Å²) in [6.45, 7) is -2.92. The Labute approximate surface area is 799 Å². The molecule has 6 aliphatic heterocycles. The molecule has 20 heteroatoms. The molecule has 0 N–H and O–H groups in total. The van der Waals surface area contributed by atoms with Crippen LogP contribution in [-0.2, 0) is 0 Å². The second-order valence-corrected chi connectivity index (χ2v) is 36.4. The van der Waals surface area contributed by atoms with E-state index in [9.17, 15) is 0 Å². The van der Waals surface area contributed by atoms with Crippen molar-refractivity contribution < 1.29 is 35.1 Å². The van der Waals surface area contributed by atoms with Crippen LogP contribution in [0.15, 0.2) is 425 Å². The van der Waals surface area contributed by atoms with E-state index in [1.54, 1.807) is 19.6 Å². The van der Waals surface area contributed by atoms with Crippen molar-refractivity contribution in [1.29, 1.82) is 0 Å². The molecule has 140 heavy (non-hydrogen) atoms. The zero-order chi connectivity index (χ0) is 93.3. The number of para-hydroxylation sites is 11. The summed E-state index contributed by atoms with van der Waals surface area (Å²) < 4.78 is 158. The Bertz CT molecular complexity index is 8500. The lowest BCUT2D eigenvalue weighted by molar-refractivity contribution is 0.585. The maximum atomic E-state index is 19.0. The van der Waals surface area contributed by atoms with Crippen LogP contribution >= 0.6 is 0 Å². The predicted octanol–water partition coefficient (Wildman–Crippen LogP) is 25.9. The van der Waals surface area contributed by atoms with Gasteiger partial charge >= 0.3 is 0 Å². The highest BCUT2D eigenvalue weighted by Crippen LogP contribution is 2.56. The molecule has 0 unspecified atom stereocenters. The molecule has 28 rings (SSSR count). The van der Waals surface area contributed by atoms with Crippen LogP contribution in [0.5, 0.6) is 0 Å². The van der Waals surface area contributed by atoms with E-state index in [4.69, 9.17) is 0 Å². The van der Waals surface area contributed by atoms with Crippen LogP contribution in [0.2, 0.25) is 0 Å². The Morgan fingerprint density at radius 1 is 0.157 bits per heavy atom. The number of aromatic nitrogens is 3. The summed E-state index contributed by atoms with van der Waals surface area (Å²) in [5.41, 5.74) is 18.1. The molecule has 660 valence electrons. The highest BCUT2D eigenvalue weighted by Gasteiger charge is 2.54. The molecule has 22 aromatic rings. The standard InChI is InChI=1S/C120H70B3F8N9/c124-88-45-26-46-89(125)117(88)137-104-69-106-86(67-84(104)121-82-43-19-24-56-99(82)132(77-39-12-4-13-40-77)108-61-79(63-110(137)114(108)121)134-96-53-21-16-36-74(96)58-101(134)71-30-6-1-7-31-71)123-87-68-85-105(70-107(87)140(120-94(130)51-29-52-95(120)131)113-66-81(65-112(116(113)123)139(106)119-92(128)49-28-50-93(119)129)136-98-55-23-18-38-76(98)60-103(136)73-34-10-3-11-35-73)138(118-90(126)47-27-48-91(118)127)111-64-80(135-97-54-22-17-37-75(97)59-102(135)72-32-8-2-9-33-72)62-109-115(111)122(85)83-44-20-25-57-100(83)133(109)78-41-14-5-15-42-78/h1-70H. The number of anilines is 18. The molecular formula is C120H70B3F8N9. The smallest absolute Gasteiger partial charge is 0.252 e. The summed E-state index contributed by atoms with van der Waals surface area (Å²) in [6, 6.07) is 131. The third-order valence-electron chi connectivity index (χ3n) is 29.0. The number of benzene rings is 19. The fourth-order valence-corrected chi connectivity index (χ4v) is 23.5. The van der Waals surface area contributed by atoms with Gasteiger partial charge in [-0.3, -0.25) is 0 Å². The summed E-state index contributed by atoms with van der Waals surface area (Å²) in [5.74, 6) is -7.71. The van der Waals surface area contributed by atoms with Crippen LogP contribution in [0.3, 0.4) is 0 Å². The molecule has 19 aromatic carbocycles. The van der Waals surface area contributed by atoms with Gasteiger partial charge in [0, 0.05) is 95.8 Å². The van der Waals surface area contributed by atoms with Gasteiger partial charge in [-0.1, -0.05) is 255 Å². The maximum absolute atomic E-state index is 19.0. The lowest BCUT2D eigenvalue weighted by Gasteiger charge is -2.48. The monoisotopic (exact) mass is 1820 g/mol. The molecule has 9 nitrogen and oxygen atoms in total. The van der Waals surface area contributed by atoms with Crippen LogP contribution in [-0.4, -0.2) is 33.8 Å². The predicted molar refractivity (Wildman–Crippen MR) is 555 cm³/mol. The average molecular weight is 1820 g/mol. The highest BCUT2D eigenvalue weighted by molar-refractivity contribution is 7.04. The Morgan fingerprint density at radius 2 is 0.386 bits per heavy atom. The van der Waals surface area contributed by atoms with Gasteiger partial charge in [-0.25, -0.2) is 35.1 Å². The molecule has 0 saturated heterocycles. The van der Waals surface area contributed by atoms with E-state index in [0.717, 1.165) is 88.9 Å². The topological polar surface area (TPSA) is 34.2 Å². The van der Waals surface area contributed by atoms with Gasteiger partial charge in [0.25, 0.3) is 20.1 Å². The normalized spacial score (nSPS) is 13.3. The largest absolute Gasteiger partial charge is 0.311 e. The Hall–Kier alpha value is -17.8. The summed E-state index contributed by atoms with van der Waals surface area (Å²) in [5, 5.41) is 2.65. The summed E-state index contributed by atoms with van der Waals surface area (Å²) >= 11 is 0. The Morgan fingerprint density at radius 3 is 0.664 bits per heavy atom. The van der Waals surface area contributed by atoms with Crippen molar-refractivity contribution >= 4 is 204 Å². The molecule has 0 saturated carbocycles. The van der Waals surface area contributed by atoms with Crippen LogP contribution in [0.25, 0.3) is 83.5 Å².